The van der Waals surface area contributed by atoms with Gasteiger partial charge in [-0.05, 0) is 12.3 Å². The van der Waals surface area contributed by atoms with Crippen molar-refractivity contribution >= 4 is 0 Å². The van der Waals surface area contributed by atoms with Crippen LogP contribution in [0.1, 0.15) is 26.2 Å². The number of ether oxygens (including phenoxy) is 3. The Balaban J connectivity index is 1.81. The summed E-state index contributed by atoms with van der Waals surface area (Å²) >= 11 is 0. The van der Waals surface area contributed by atoms with Crippen molar-refractivity contribution in [3.8, 4) is 0 Å². The highest BCUT2D eigenvalue weighted by atomic mass is 16.6. The summed E-state index contributed by atoms with van der Waals surface area (Å²) < 4.78 is 17.3. The molecule has 0 saturated carbocycles. The van der Waals surface area contributed by atoms with E-state index in [0.29, 0.717) is 32.7 Å². The minimum absolute atomic E-state index is 0.0110. The van der Waals surface area contributed by atoms with Gasteiger partial charge in [0.05, 0.1) is 43.7 Å². The van der Waals surface area contributed by atoms with Crippen LogP contribution in [0.4, 0.5) is 0 Å². The van der Waals surface area contributed by atoms with Gasteiger partial charge < -0.3 is 14.2 Å². The molecule has 1 aromatic heterocycles. The average Bonchev–Trinajstić information content (AvgIpc) is 3.28. The second kappa shape index (κ2) is 5.68. The lowest BCUT2D eigenvalue weighted by atomic mass is 9.75. The van der Waals surface area contributed by atoms with E-state index in [1.54, 1.807) is 0 Å². The van der Waals surface area contributed by atoms with Gasteiger partial charge in [-0.3, -0.25) is 9.97 Å². The second-order valence-corrected chi connectivity index (χ2v) is 7.04. The fraction of sp³-hybridized carbons (Fsp3) is 0.800. The number of rotatable bonds is 8. The minimum Gasteiger partial charge on any atom is -0.373 e. The molecule has 9 nitrogen and oxygen atoms in total. The molecule has 1 aromatic rings. The third-order valence-corrected chi connectivity index (χ3v) is 5.20. The van der Waals surface area contributed by atoms with Gasteiger partial charge in [0, 0.05) is 12.8 Å². The Kier molecular flexibility index (Phi) is 3.74. The van der Waals surface area contributed by atoms with Crippen molar-refractivity contribution in [2.45, 2.75) is 50.0 Å². The third-order valence-electron chi connectivity index (χ3n) is 5.20. The summed E-state index contributed by atoms with van der Waals surface area (Å²) in [6.45, 7) is 3.96. The van der Waals surface area contributed by atoms with Gasteiger partial charge in [0.2, 0.25) is 0 Å². The van der Waals surface area contributed by atoms with E-state index >= 15 is 0 Å². The van der Waals surface area contributed by atoms with Crippen molar-refractivity contribution in [1.29, 1.82) is 0 Å². The van der Waals surface area contributed by atoms with Gasteiger partial charge in [0.1, 0.15) is 0 Å². The molecule has 4 atom stereocenters. The van der Waals surface area contributed by atoms with E-state index in [2.05, 4.69) is 9.97 Å². The van der Waals surface area contributed by atoms with Crippen molar-refractivity contribution in [3.63, 3.8) is 0 Å². The van der Waals surface area contributed by atoms with Crippen LogP contribution in [0, 0.1) is 5.92 Å². The lowest BCUT2D eigenvalue weighted by Crippen LogP contribution is -2.57. The Labute approximate surface area is 136 Å². The number of aromatic nitrogens is 3. The third kappa shape index (κ3) is 3.11. The summed E-state index contributed by atoms with van der Waals surface area (Å²) in [7, 11) is 0. The average molecular weight is 339 g/mol. The van der Waals surface area contributed by atoms with Crippen molar-refractivity contribution in [2.75, 3.05) is 19.8 Å². The fourth-order valence-corrected chi connectivity index (χ4v) is 3.70. The SMILES string of the molecule is CC(CC1CO1)C(CC1CO1)(CC1CO1)n1c(=O)[nH]c(=O)[nH]c1=O. The zero-order chi connectivity index (χ0) is 16.9. The lowest BCUT2D eigenvalue weighted by molar-refractivity contribution is 0.0950. The Morgan fingerprint density at radius 2 is 1.46 bits per heavy atom. The first-order valence-corrected chi connectivity index (χ1v) is 8.29. The van der Waals surface area contributed by atoms with E-state index < -0.39 is 22.6 Å². The van der Waals surface area contributed by atoms with Gasteiger partial charge in [0.15, 0.2) is 0 Å². The largest absolute Gasteiger partial charge is 0.373 e. The van der Waals surface area contributed by atoms with Gasteiger partial charge in [-0.1, -0.05) is 6.92 Å². The first kappa shape index (κ1) is 15.8. The summed E-state index contributed by atoms with van der Waals surface area (Å²) in [6.07, 6.45) is 2.02. The molecule has 132 valence electrons. The molecule has 24 heavy (non-hydrogen) atoms. The van der Waals surface area contributed by atoms with Crippen LogP contribution < -0.4 is 17.1 Å². The highest BCUT2D eigenvalue weighted by Gasteiger charge is 2.50. The molecule has 0 aliphatic carbocycles. The normalized spacial score (nSPS) is 31.3. The molecule has 3 aliphatic heterocycles. The van der Waals surface area contributed by atoms with Crippen LogP contribution in [0.5, 0.6) is 0 Å². The predicted molar refractivity (Wildman–Crippen MR) is 82.2 cm³/mol. The summed E-state index contributed by atoms with van der Waals surface area (Å²) in [5.74, 6) is -0.0110. The van der Waals surface area contributed by atoms with E-state index in [1.165, 1.54) is 4.57 Å². The number of hydrogen-bond donors (Lipinski definition) is 2. The van der Waals surface area contributed by atoms with Gasteiger partial charge in [0.25, 0.3) is 0 Å². The molecule has 4 unspecified atom stereocenters. The smallest absolute Gasteiger partial charge is 0.334 e. The van der Waals surface area contributed by atoms with Crippen molar-refractivity contribution in [3.05, 3.63) is 31.5 Å². The van der Waals surface area contributed by atoms with Gasteiger partial charge in [-0.15, -0.1) is 0 Å². The van der Waals surface area contributed by atoms with Gasteiger partial charge in [-0.2, -0.15) is 0 Å². The summed E-state index contributed by atoms with van der Waals surface area (Å²) in [5.41, 5.74) is -2.94. The van der Waals surface area contributed by atoms with Crippen LogP contribution in [-0.2, 0) is 19.7 Å². The second-order valence-electron chi connectivity index (χ2n) is 7.04. The number of H-pyrrole nitrogens is 2. The molecule has 3 saturated heterocycles. The van der Waals surface area contributed by atoms with Crippen molar-refractivity contribution in [2.24, 2.45) is 5.92 Å². The van der Waals surface area contributed by atoms with Crippen LogP contribution in [-0.4, -0.2) is 52.7 Å². The van der Waals surface area contributed by atoms with Crippen molar-refractivity contribution in [1.82, 2.24) is 14.5 Å². The number of nitrogens with one attached hydrogen (secondary N) is 2. The maximum Gasteiger partial charge on any atom is 0.334 e. The molecule has 0 aromatic carbocycles. The number of nitrogens with zero attached hydrogens (tertiary/aromatic N) is 1. The number of hydrogen-bond acceptors (Lipinski definition) is 6. The van der Waals surface area contributed by atoms with E-state index in [0.717, 1.165) is 6.42 Å². The Hall–Kier alpha value is -1.71. The van der Waals surface area contributed by atoms with E-state index in [-0.39, 0.29) is 24.2 Å². The molecule has 2 N–H and O–H groups in total. The van der Waals surface area contributed by atoms with E-state index in [1.807, 2.05) is 6.92 Å². The Bertz CT molecular complexity index is 735. The van der Waals surface area contributed by atoms with Crippen LogP contribution in [0.3, 0.4) is 0 Å². The molecule has 3 aliphatic rings. The van der Waals surface area contributed by atoms with E-state index in [4.69, 9.17) is 14.2 Å². The fourth-order valence-electron chi connectivity index (χ4n) is 3.70. The molecule has 4 rings (SSSR count). The maximum absolute atomic E-state index is 12.5. The summed E-state index contributed by atoms with van der Waals surface area (Å²) in [5, 5.41) is 0. The van der Waals surface area contributed by atoms with Crippen LogP contribution in [0.25, 0.3) is 0 Å². The standard InChI is InChI=1S/C15H21N3O6/c1-8(2-9-5-22-9)15(3-10-6-23-10,4-11-7-24-11)18-13(20)16-12(19)17-14(18)21/h8-11H,2-7H2,1H3,(H2,16,17,19,20,21). The highest BCUT2D eigenvalue weighted by Crippen LogP contribution is 2.43. The Morgan fingerprint density at radius 3 is 1.88 bits per heavy atom. The Morgan fingerprint density at radius 1 is 1.00 bits per heavy atom. The highest BCUT2D eigenvalue weighted by molar-refractivity contribution is 5.01. The molecular formula is C15H21N3O6. The summed E-state index contributed by atoms with van der Waals surface area (Å²) in [4.78, 5) is 40.8. The number of epoxide rings is 3. The predicted octanol–water partition coefficient (Wildman–Crippen LogP) is -1.08. The molecule has 0 radical (unpaired) electrons. The molecule has 0 spiro atoms. The zero-order valence-corrected chi connectivity index (χ0v) is 13.4. The summed E-state index contributed by atoms with van der Waals surface area (Å²) in [6, 6.07) is 0. The molecule has 0 amide bonds. The molecular weight excluding hydrogens is 318 g/mol. The molecule has 4 heterocycles. The zero-order valence-electron chi connectivity index (χ0n) is 13.4. The first-order chi connectivity index (χ1) is 11.5. The minimum atomic E-state index is -0.793. The lowest BCUT2D eigenvalue weighted by Gasteiger charge is -2.39. The topological polar surface area (TPSA) is 125 Å². The van der Waals surface area contributed by atoms with E-state index in [9.17, 15) is 14.4 Å². The molecule has 3 fully saturated rings. The number of aromatic amines is 2. The molecule has 9 heteroatoms. The molecule has 0 bridgehead atoms. The van der Waals surface area contributed by atoms with Crippen LogP contribution in [0.15, 0.2) is 14.4 Å². The maximum atomic E-state index is 12.5. The quantitative estimate of drug-likeness (QED) is 0.581. The van der Waals surface area contributed by atoms with Crippen LogP contribution >= 0.6 is 0 Å². The van der Waals surface area contributed by atoms with Crippen LogP contribution in [0.2, 0.25) is 0 Å². The monoisotopic (exact) mass is 339 g/mol. The van der Waals surface area contributed by atoms with Gasteiger partial charge >= 0.3 is 17.1 Å². The van der Waals surface area contributed by atoms with Gasteiger partial charge in [-0.25, -0.2) is 19.0 Å². The first-order valence-electron chi connectivity index (χ1n) is 8.29. The van der Waals surface area contributed by atoms with Crippen molar-refractivity contribution < 1.29 is 14.2 Å².